The number of para-hydroxylation sites is 2. The zero-order valence-corrected chi connectivity index (χ0v) is 20.7. The van der Waals surface area contributed by atoms with Gasteiger partial charge in [0.2, 0.25) is 0 Å². The Hall–Kier alpha value is -2.72. The molecule has 0 saturated carbocycles. The minimum atomic E-state index is 0.400. The van der Waals surface area contributed by atoms with E-state index in [1.165, 1.54) is 11.3 Å². The first-order valence-electron chi connectivity index (χ1n) is 11.8. The monoisotopic (exact) mass is 436 g/mol. The average molecular weight is 437 g/mol. The Labute approximate surface area is 194 Å². The van der Waals surface area contributed by atoms with Gasteiger partial charge in [0.15, 0.2) is 0 Å². The molecule has 4 nitrogen and oxygen atoms in total. The summed E-state index contributed by atoms with van der Waals surface area (Å²) in [6.45, 7) is 14.9. The molecule has 0 amide bonds. The summed E-state index contributed by atoms with van der Waals surface area (Å²) in [7, 11) is 1.73. The fraction of sp³-hybridized carbons (Fsp3) is 0.429. The summed E-state index contributed by atoms with van der Waals surface area (Å²) in [5, 5.41) is 12.7. The van der Waals surface area contributed by atoms with Crippen LogP contribution in [0.1, 0.15) is 45.2 Å². The second-order valence-corrected chi connectivity index (χ2v) is 7.77. The van der Waals surface area contributed by atoms with E-state index in [2.05, 4.69) is 53.2 Å². The lowest BCUT2D eigenvalue weighted by Crippen LogP contribution is -2.47. The largest absolute Gasteiger partial charge is 0.507 e. The lowest BCUT2D eigenvalue weighted by Gasteiger charge is -2.36. The highest BCUT2D eigenvalue weighted by Crippen LogP contribution is 2.28. The molecular weight excluding hydrogens is 396 g/mol. The number of nitrogens with zero attached hydrogens (tertiary/aromatic N) is 2. The highest BCUT2D eigenvalue weighted by molar-refractivity contribution is 5.58. The third-order valence-corrected chi connectivity index (χ3v) is 5.71. The van der Waals surface area contributed by atoms with Gasteiger partial charge in [0.25, 0.3) is 0 Å². The Morgan fingerprint density at radius 3 is 2.38 bits per heavy atom. The molecule has 0 unspecified atom stereocenters. The summed E-state index contributed by atoms with van der Waals surface area (Å²) < 4.78 is 5.54. The number of methoxy groups -OCH3 is 1. The van der Waals surface area contributed by atoms with Gasteiger partial charge in [-0.3, -0.25) is 4.90 Å². The second-order valence-electron chi connectivity index (χ2n) is 7.77. The Morgan fingerprint density at radius 1 is 1.06 bits per heavy atom. The SMILES string of the molecule is CC.C\C=C/C=c1/c(CN2CCN(c3ccccc3OC)CC2)cc(C)c(O)/c1=C\CC. The van der Waals surface area contributed by atoms with Crippen molar-refractivity contribution in [2.24, 2.45) is 0 Å². The lowest BCUT2D eigenvalue weighted by atomic mass is 10.0. The minimum Gasteiger partial charge on any atom is -0.507 e. The molecule has 2 aromatic carbocycles. The first kappa shape index (κ1) is 25.5. The van der Waals surface area contributed by atoms with Gasteiger partial charge in [0.1, 0.15) is 11.5 Å². The van der Waals surface area contributed by atoms with Crippen LogP contribution in [0.5, 0.6) is 11.5 Å². The lowest BCUT2D eigenvalue weighted by molar-refractivity contribution is 0.248. The number of hydrogen-bond donors (Lipinski definition) is 1. The predicted molar refractivity (Wildman–Crippen MR) is 138 cm³/mol. The average Bonchev–Trinajstić information content (AvgIpc) is 2.84. The molecule has 1 saturated heterocycles. The molecule has 2 aromatic rings. The Balaban J connectivity index is 0.00000176. The van der Waals surface area contributed by atoms with Crippen molar-refractivity contribution in [2.45, 2.75) is 47.6 Å². The molecule has 1 N–H and O–H groups in total. The number of phenolic OH excluding ortho intramolecular Hbond substituents is 1. The van der Waals surface area contributed by atoms with E-state index in [1.54, 1.807) is 7.11 Å². The molecule has 0 aromatic heterocycles. The van der Waals surface area contributed by atoms with Crippen LogP contribution in [0.2, 0.25) is 0 Å². The van der Waals surface area contributed by atoms with Crippen molar-refractivity contribution in [3.63, 3.8) is 0 Å². The molecule has 4 heteroatoms. The highest BCUT2D eigenvalue weighted by atomic mass is 16.5. The molecule has 1 fully saturated rings. The number of phenols is 1. The summed E-state index contributed by atoms with van der Waals surface area (Å²) in [4.78, 5) is 4.90. The normalized spacial score (nSPS) is 15.8. The van der Waals surface area contributed by atoms with E-state index in [9.17, 15) is 5.11 Å². The van der Waals surface area contributed by atoms with E-state index >= 15 is 0 Å². The quantitative estimate of drug-likeness (QED) is 0.718. The molecule has 1 aliphatic heterocycles. The smallest absolute Gasteiger partial charge is 0.142 e. The molecule has 1 aliphatic rings. The van der Waals surface area contributed by atoms with Gasteiger partial charge in [-0.25, -0.2) is 0 Å². The molecule has 3 rings (SSSR count). The zero-order chi connectivity index (χ0) is 23.5. The van der Waals surface area contributed by atoms with E-state index in [0.717, 1.165) is 60.9 Å². The number of aromatic hydroxyl groups is 1. The van der Waals surface area contributed by atoms with Crippen LogP contribution in [0.15, 0.2) is 42.5 Å². The Bertz CT molecular complexity index is 1000. The topological polar surface area (TPSA) is 35.9 Å². The molecule has 0 spiro atoms. The Morgan fingerprint density at radius 2 is 1.75 bits per heavy atom. The van der Waals surface area contributed by atoms with Crippen LogP contribution in [0.4, 0.5) is 5.69 Å². The van der Waals surface area contributed by atoms with Crippen molar-refractivity contribution < 1.29 is 9.84 Å². The van der Waals surface area contributed by atoms with Crippen LogP contribution in [0.25, 0.3) is 12.2 Å². The maximum atomic E-state index is 10.6. The van der Waals surface area contributed by atoms with Crippen molar-refractivity contribution >= 4 is 17.8 Å². The van der Waals surface area contributed by atoms with Gasteiger partial charge in [-0.05, 0) is 48.7 Å². The van der Waals surface area contributed by atoms with Crippen LogP contribution in [-0.2, 0) is 6.54 Å². The third-order valence-electron chi connectivity index (χ3n) is 5.71. The van der Waals surface area contributed by atoms with Crippen molar-refractivity contribution in [1.29, 1.82) is 0 Å². The number of hydrogen-bond acceptors (Lipinski definition) is 4. The highest BCUT2D eigenvalue weighted by Gasteiger charge is 2.20. The number of ether oxygens (including phenoxy) is 1. The maximum absolute atomic E-state index is 10.6. The summed E-state index contributed by atoms with van der Waals surface area (Å²) in [6.07, 6.45) is 9.23. The van der Waals surface area contributed by atoms with E-state index in [-0.39, 0.29) is 0 Å². The van der Waals surface area contributed by atoms with Crippen molar-refractivity contribution in [3.8, 4) is 11.5 Å². The van der Waals surface area contributed by atoms with Crippen LogP contribution in [0, 0.1) is 6.92 Å². The minimum absolute atomic E-state index is 0.400. The Kier molecular flexibility index (Phi) is 10.4. The van der Waals surface area contributed by atoms with E-state index < -0.39 is 0 Å². The molecule has 1 heterocycles. The number of anilines is 1. The summed E-state index contributed by atoms with van der Waals surface area (Å²) in [5.41, 5.74) is 3.38. The zero-order valence-electron chi connectivity index (χ0n) is 20.7. The third kappa shape index (κ3) is 6.17. The first-order valence-corrected chi connectivity index (χ1v) is 11.8. The fourth-order valence-electron chi connectivity index (χ4n) is 4.13. The number of aryl methyl sites for hydroxylation is 1. The fourth-order valence-corrected chi connectivity index (χ4v) is 4.13. The van der Waals surface area contributed by atoms with E-state index in [1.807, 2.05) is 45.9 Å². The standard InChI is InChI=1S/C26H34N2O2.C2H6/c1-5-7-11-22-21(18-20(3)26(29)23(22)10-6-2)19-27-14-16-28(17-15-27)24-12-8-9-13-25(24)30-4;1-2/h5,7-13,18,29H,6,14-17,19H2,1-4H3;1-2H3/b7-5-,22-11-,23-10-;. The van der Waals surface area contributed by atoms with Crippen LogP contribution in [0.3, 0.4) is 0 Å². The molecule has 174 valence electrons. The molecule has 0 bridgehead atoms. The van der Waals surface area contributed by atoms with Crippen LogP contribution in [-0.4, -0.2) is 43.3 Å². The van der Waals surface area contributed by atoms with Gasteiger partial charge >= 0.3 is 0 Å². The molecule has 0 radical (unpaired) electrons. The van der Waals surface area contributed by atoms with Gasteiger partial charge in [0, 0.05) is 37.9 Å². The van der Waals surface area contributed by atoms with Crippen molar-refractivity contribution in [1.82, 2.24) is 4.90 Å². The van der Waals surface area contributed by atoms with Gasteiger partial charge in [-0.1, -0.05) is 63.3 Å². The summed E-state index contributed by atoms with van der Waals surface area (Å²) in [6, 6.07) is 10.4. The maximum Gasteiger partial charge on any atom is 0.142 e. The molecule has 0 aliphatic carbocycles. The molecular formula is C28H40N2O2. The number of piperazine rings is 1. The van der Waals surface area contributed by atoms with Gasteiger partial charge in [-0.15, -0.1) is 0 Å². The van der Waals surface area contributed by atoms with Crippen LogP contribution < -0.4 is 20.1 Å². The van der Waals surface area contributed by atoms with Crippen molar-refractivity contribution in [2.75, 3.05) is 38.2 Å². The number of allylic oxidation sites excluding steroid dienone is 2. The van der Waals surface area contributed by atoms with Gasteiger partial charge in [0.05, 0.1) is 12.8 Å². The van der Waals surface area contributed by atoms with Crippen molar-refractivity contribution in [3.05, 3.63) is 64.0 Å². The first-order chi connectivity index (χ1) is 15.6. The predicted octanol–water partition coefficient (Wildman–Crippen LogP) is 4.60. The van der Waals surface area contributed by atoms with E-state index in [4.69, 9.17) is 4.74 Å². The summed E-state index contributed by atoms with van der Waals surface area (Å²) in [5.74, 6) is 1.33. The van der Waals surface area contributed by atoms with Gasteiger partial charge in [-0.2, -0.15) is 0 Å². The molecule has 32 heavy (non-hydrogen) atoms. The number of rotatable bonds is 6. The van der Waals surface area contributed by atoms with Gasteiger partial charge < -0.3 is 14.7 Å². The van der Waals surface area contributed by atoms with Crippen LogP contribution >= 0.6 is 0 Å². The second kappa shape index (κ2) is 13.0. The summed E-state index contributed by atoms with van der Waals surface area (Å²) >= 11 is 0. The van der Waals surface area contributed by atoms with E-state index in [0.29, 0.717) is 5.75 Å². The molecule has 0 atom stereocenters. The number of benzene rings is 2.